The number of anilines is 1. The zero-order valence-corrected chi connectivity index (χ0v) is 14.5. The molecule has 1 N–H and O–H groups in total. The highest BCUT2D eigenvalue weighted by molar-refractivity contribution is 7.88. The molecule has 1 aliphatic rings. The molecular weight excluding hydrogens is 330 g/mol. The number of hydrogen-bond acceptors (Lipinski definition) is 4. The summed E-state index contributed by atoms with van der Waals surface area (Å²) in [6.07, 6.45) is 2.33. The molecule has 1 atom stereocenters. The third-order valence-electron chi connectivity index (χ3n) is 3.84. The minimum absolute atomic E-state index is 0.190. The molecule has 1 heterocycles. The van der Waals surface area contributed by atoms with Crippen LogP contribution in [-0.2, 0) is 14.8 Å². The number of rotatable bonds is 4. The van der Waals surface area contributed by atoms with Crippen molar-refractivity contribution < 1.29 is 18.0 Å². The molecule has 7 nitrogen and oxygen atoms in total. The second kappa shape index (κ2) is 7.14. The van der Waals surface area contributed by atoms with Gasteiger partial charge in [0, 0.05) is 36.9 Å². The lowest BCUT2D eigenvalue weighted by molar-refractivity contribution is -0.111. The van der Waals surface area contributed by atoms with Gasteiger partial charge in [0.1, 0.15) is 0 Å². The zero-order valence-electron chi connectivity index (χ0n) is 13.7. The third-order valence-corrected chi connectivity index (χ3v) is 5.24. The van der Waals surface area contributed by atoms with Crippen LogP contribution in [0, 0.1) is 0 Å². The fraction of sp³-hybridized carbons (Fsp3) is 0.375. The number of hydrogen-bond donors (Lipinski definition) is 1. The number of sulfonamides is 1. The highest BCUT2D eigenvalue weighted by Gasteiger charge is 2.32. The van der Waals surface area contributed by atoms with E-state index in [0.717, 1.165) is 6.08 Å². The second-order valence-corrected chi connectivity index (χ2v) is 7.68. The van der Waals surface area contributed by atoms with Crippen molar-refractivity contribution >= 4 is 27.5 Å². The number of benzene rings is 1. The van der Waals surface area contributed by atoms with E-state index in [9.17, 15) is 18.0 Å². The first-order valence-electron chi connectivity index (χ1n) is 7.52. The summed E-state index contributed by atoms with van der Waals surface area (Å²) in [7, 11) is -3.27. The van der Waals surface area contributed by atoms with Gasteiger partial charge in [-0.1, -0.05) is 12.6 Å². The number of carbonyl (C=O) groups is 2. The topological polar surface area (TPSA) is 86.8 Å². The largest absolute Gasteiger partial charge is 0.336 e. The van der Waals surface area contributed by atoms with Crippen molar-refractivity contribution in [2.24, 2.45) is 0 Å². The average Bonchev–Trinajstić information content (AvgIpc) is 2.53. The van der Waals surface area contributed by atoms with Gasteiger partial charge in [0.25, 0.3) is 5.91 Å². The summed E-state index contributed by atoms with van der Waals surface area (Å²) in [5.74, 6) is -0.542. The van der Waals surface area contributed by atoms with E-state index in [4.69, 9.17) is 0 Å². The van der Waals surface area contributed by atoms with Crippen molar-refractivity contribution in [2.45, 2.75) is 13.0 Å². The van der Waals surface area contributed by atoms with Crippen LogP contribution in [-0.4, -0.2) is 61.4 Å². The molecular formula is C16H21N3O4S. The SMILES string of the molecule is C=CC(=O)Nc1cccc(C(=O)N2CCN(S(C)(=O)=O)[C@H](C)C2)c1. The van der Waals surface area contributed by atoms with Gasteiger partial charge >= 0.3 is 0 Å². The molecule has 0 aliphatic carbocycles. The van der Waals surface area contributed by atoms with E-state index in [1.807, 2.05) is 0 Å². The maximum Gasteiger partial charge on any atom is 0.254 e. The van der Waals surface area contributed by atoms with Gasteiger partial charge in [0.2, 0.25) is 15.9 Å². The predicted octanol–water partition coefficient (Wildman–Crippen LogP) is 0.917. The molecule has 2 rings (SSSR count). The van der Waals surface area contributed by atoms with Crippen LogP contribution < -0.4 is 5.32 Å². The Balaban J connectivity index is 2.11. The molecule has 0 saturated carbocycles. The summed E-state index contributed by atoms with van der Waals surface area (Å²) in [6.45, 7) is 6.10. The van der Waals surface area contributed by atoms with Crippen LogP contribution in [0.3, 0.4) is 0 Å². The van der Waals surface area contributed by atoms with Gasteiger partial charge in [-0.15, -0.1) is 0 Å². The molecule has 0 aromatic heterocycles. The summed E-state index contributed by atoms with van der Waals surface area (Å²) in [4.78, 5) is 25.6. The van der Waals surface area contributed by atoms with E-state index in [-0.39, 0.29) is 24.4 Å². The maximum absolute atomic E-state index is 12.6. The van der Waals surface area contributed by atoms with Gasteiger partial charge in [-0.2, -0.15) is 4.31 Å². The minimum atomic E-state index is -3.27. The predicted molar refractivity (Wildman–Crippen MR) is 92.2 cm³/mol. The Morgan fingerprint density at radius 1 is 1.33 bits per heavy atom. The highest BCUT2D eigenvalue weighted by Crippen LogP contribution is 2.18. The lowest BCUT2D eigenvalue weighted by Gasteiger charge is -2.38. The van der Waals surface area contributed by atoms with Crippen molar-refractivity contribution in [1.82, 2.24) is 9.21 Å². The van der Waals surface area contributed by atoms with Crippen LogP contribution in [0.15, 0.2) is 36.9 Å². The molecule has 1 aromatic carbocycles. The van der Waals surface area contributed by atoms with E-state index >= 15 is 0 Å². The fourth-order valence-electron chi connectivity index (χ4n) is 2.72. The van der Waals surface area contributed by atoms with Crippen LogP contribution in [0.5, 0.6) is 0 Å². The normalized spacial score (nSPS) is 18.9. The van der Waals surface area contributed by atoms with Crippen molar-refractivity contribution in [2.75, 3.05) is 31.2 Å². The molecule has 24 heavy (non-hydrogen) atoms. The van der Waals surface area contributed by atoms with E-state index in [0.29, 0.717) is 24.3 Å². The summed E-state index contributed by atoms with van der Waals surface area (Å²) in [5, 5.41) is 2.61. The first-order chi connectivity index (χ1) is 11.2. The summed E-state index contributed by atoms with van der Waals surface area (Å²) >= 11 is 0. The van der Waals surface area contributed by atoms with Crippen LogP contribution in [0.4, 0.5) is 5.69 Å². The van der Waals surface area contributed by atoms with Gasteiger partial charge in [-0.25, -0.2) is 8.42 Å². The number of piperazine rings is 1. The van der Waals surface area contributed by atoms with E-state index in [1.54, 1.807) is 36.1 Å². The summed E-state index contributed by atoms with van der Waals surface area (Å²) in [6, 6.07) is 6.35. The van der Waals surface area contributed by atoms with E-state index in [1.165, 1.54) is 10.6 Å². The first-order valence-corrected chi connectivity index (χ1v) is 9.37. The Hall–Kier alpha value is -2.19. The van der Waals surface area contributed by atoms with Gasteiger partial charge in [0.05, 0.1) is 6.26 Å². The molecule has 0 bridgehead atoms. The monoisotopic (exact) mass is 351 g/mol. The molecule has 0 unspecified atom stereocenters. The number of nitrogens with zero attached hydrogens (tertiary/aromatic N) is 2. The fourth-order valence-corrected chi connectivity index (χ4v) is 3.86. The van der Waals surface area contributed by atoms with Crippen molar-refractivity contribution in [3.8, 4) is 0 Å². The lowest BCUT2D eigenvalue weighted by atomic mass is 10.1. The van der Waals surface area contributed by atoms with Crippen LogP contribution >= 0.6 is 0 Å². The first kappa shape index (κ1) is 18.2. The van der Waals surface area contributed by atoms with Gasteiger partial charge in [-0.05, 0) is 31.2 Å². The molecule has 8 heteroatoms. The molecule has 2 amide bonds. The van der Waals surface area contributed by atoms with Crippen LogP contribution in [0.2, 0.25) is 0 Å². The van der Waals surface area contributed by atoms with Crippen molar-refractivity contribution in [3.63, 3.8) is 0 Å². The number of carbonyl (C=O) groups excluding carboxylic acids is 2. The van der Waals surface area contributed by atoms with Gasteiger partial charge in [0.15, 0.2) is 0 Å². The molecule has 0 spiro atoms. The van der Waals surface area contributed by atoms with Crippen LogP contribution in [0.1, 0.15) is 17.3 Å². The second-order valence-electron chi connectivity index (χ2n) is 5.75. The Kier molecular flexibility index (Phi) is 5.40. The lowest BCUT2D eigenvalue weighted by Crippen LogP contribution is -2.55. The molecule has 1 aliphatic heterocycles. The summed E-state index contributed by atoms with van der Waals surface area (Å²) in [5.41, 5.74) is 0.949. The zero-order chi connectivity index (χ0) is 17.9. The molecule has 1 fully saturated rings. The molecule has 0 radical (unpaired) electrons. The quantitative estimate of drug-likeness (QED) is 0.817. The molecule has 1 aromatic rings. The third kappa shape index (κ3) is 4.21. The Labute approximate surface area is 142 Å². The molecule has 130 valence electrons. The Bertz CT molecular complexity index is 760. The minimum Gasteiger partial charge on any atom is -0.336 e. The standard InChI is InChI=1S/C16H21N3O4S/c1-4-15(20)17-14-7-5-6-13(10-14)16(21)18-8-9-19(12(2)11-18)24(3,22)23/h4-7,10,12H,1,8-9,11H2,2-3H3,(H,17,20)/t12-/m1/s1. The van der Waals surface area contributed by atoms with Crippen molar-refractivity contribution in [1.29, 1.82) is 0 Å². The van der Waals surface area contributed by atoms with Gasteiger partial charge < -0.3 is 10.2 Å². The Morgan fingerprint density at radius 2 is 2.04 bits per heavy atom. The number of nitrogens with one attached hydrogen (secondary N) is 1. The average molecular weight is 351 g/mol. The number of amides is 2. The van der Waals surface area contributed by atoms with Crippen LogP contribution in [0.25, 0.3) is 0 Å². The Morgan fingerprint density at radius 3 is 2.62 bits per heavy atom. The van der Waals surface area contributed by atoms with E-state index < -0.39 is 10.0 Å². The van der Waals surface area contributed by atoms with Crippen molar-refractivity contribution in [3.05, 3.63) is 42.5 Å². The highest BCUT2D eigenvalue weighted by atomic mass is 32.2. The van der Waals surface area contributed by atoms with Gasteiger partial charge in [-0.3, -0.25) is 9.59 Å². The molecule has 1 saturated heterocycles. The maximum atomic E-state index is 12.6. The smallest absolute Gasteiger partial charge is 0.254 e. The van der Waals surface area contributed by atoms with E-state index in [2.05, 4.69) is 11.9 Å². The summed E-state index contributed by atoms with van der Waals surface area (Å²) < 4.78 is 24.8.